The van der Waals surface area contributed by atoms with Gasteiger partial charge in [0.2, 0.25) is 0 Å². The standard InChI is InChI=1S/C17H29NO/c1-6-18-17(10-8-15(4)19-5)12-16-9-7-13(2)14(3)11-16/h7,9,11,15,17-18H,6,8,10,12H2,1-5H3. The molecule has 0 aromatic heterocycles. The topological polar surface area (TPSA) is 21.3 Å². The quantitative estimate of drug-likeness (QED) is 0.773. The number of likely N-dealkylation sites (N-methyl/N-ethyl adjacent to an activating group) is 1. The monoisotopic (exact) mass is 263 g/mol. The van der Waals surface area contributed by atoms with Crippen LogP contribution in [0.3, 0.4) is 0 Å². The van der Waals surface area contributed by atoms with Gasteiger partial charge >= 0.3 is 0 Å². The Hall–Kier alpha value is -0.860. The van der Waals surface area contributed by atoms with Crippen molar-refractivity contribution in [2.45, 2.75) is 59.1 Å². The van der Waals surface area contributed by atoms with Crippen molar-refractivity contribution in [3.05, 3.63) is 34.9 Å². The highest BCUT2D eigenvalue weighted by atomic mass is 16.5. The number of ether oxygens (including phenoxy) is 1. The molecule has 0 aliphatic heterocycles. The van der Waals surface area contributed by atoms with Gasteiger partial charge in [0.25, 0.3) is 0 Å². The molecule has 1 N–H and O–H groups in total. The Bertz CT molecular complexity index is 376. The largest absolute Gasteiger partial charge is 0.382 e. The summed E-state index contributed by atoms with van der Waals surface area (Å²) in [6.45, 7) is 9.69. The Morgan fingerprint density at radius 2 is 1.89 bits per heavy atom. The van der Waals surface area contributed by atoms with Gasteiger partial charge < -0.3 is 10.1 Å². The van der Waals surface area contributed by atoms with Crippen LogP contribution < -0.4 is 5.32 Å². The zero-order valence-electron chi connectivity index (χ0n) is 13.1. The van der Waals surface area contributed by atoms with E-state index in [1.165, 1.54) is 16.7 Å². The van der Waals surface area contributed by atoms with Gasteiger partial charge in [-0.15, -0.1) is 0 Å². The average Bonchev–Trinajstić information content (AvgIpc) is 2.40. The molecule has 1 rings (SSSR count). The summed E-state index contributed by atoms with van der Waals surface area (Å²) >= 11 is 0. The highest BCUT2D eigenvalue weighted by molar-refractivity contribution is 5.30. The van der Waals surface area contributed by atoms with Gasteiger partial charge in [0, 0.05) is 13.2 Å². The number of hydrogen-bond donors (Lipinski definition) is 1. The Kier molecular flexibility index (Phi) is 7.11. The SMILES string of the molecule is CCNC(CCC(C)OC)Cc1ccc(C)c(C)c1. The Morgan fingerprint density at radius 1 is 1.16 bits per heavy atom. The molecule has 2 atom stereocenters. The molecule has 0 aliphatic carbocycles. The van der Waals surface area contributed by atoms with Gasteiger partial charge in [-0.05, 0) is 63.3 Å². The molecule has 0 saturated carbocycles. The molecule has 0 radical (unpaired) electrons. The van der Waals surface area contributed by atoms with Crippen LogP contribution in [0.5, 0.6) is 0 Å². The average molecular weight is 263 g/mol. The van der Waals surface area contributed by atoms with Gasteiger partial charge in [0.05, 0.1) is 6.10 Å². The normalized spacial score (nSPS) is 14.4. The molecule has 1 aromatic rings. The van der Waals surface area contributed by atoms with E-state index in [2.05, 4.69) is 51.2 Å². The Balaban J connectivity index is 2.58. The second-order valence-electron chi connectivity index (χ2n) is 5.50. The van der Waals surface area contributed by atoms with Crippen LogP contribution in [0.4, 0.5) is 0 Å². The number of benzene rings is 1. The number of nitrogens with one attached hydrogen (secondary N) is 1. The van der Waals surface area contributed by atoms with Crippen molar-refractivity contribution < 1.29 is 4.74 Å². The molecular weight excluding hydrogens is 234 g/mol. The molecule has 0 aliphatic rings. The zero-order valence-corrected chi connectivity index (χ0v) is 13.1. The first kappa shape index (κ1) is 16.2. The van der Waals surface area contributed by atoms with Gasteiger partial charge in [-0.3, -0.25) is 0 Å². The summed E-state index contributed by atoms with van der Waals surface area (Å²) in [5.41, 5.74) is 4.19. The van der Waals surface area contributed by atoms with Crippen molar-refractivity contribution in [1.82, 2.24) is 5.32 Å². The van der Waals surface area contributed by atoms with Gasteiger partial charge in [-0.25, -0.2) is 0 Å². The first-order valence-electron chi connectivity index (χ1n) is 7.39. The first-order chi connectivity index (χ1) is 9.06. The van der Waals surface area contributed by atoms with Crippen molar-refractivity contribution in [2.75, 3.05) is 13.7 Å². The third kappa shape index (κ3) is 5.75. The lowest BCUT2D eigenvalue weighted by molar-refractivity contribution is 0.106. The second kappa shape index (κ2) is 8.34. The van der Waals surface area contributed by atoms with Crippen LogP contribution in [0.25, 0.3) is 0 Å². The smallest absolute Gasteiger partial charge is 0.0543 e. The van der Waals surface area contributed by atoms with E-state index in [1.807, 2.05) is 0 Å². The van der Waals surface area contributed by atoms with Crippen molar-refractivity contribution in [3.63, 3.8) is 0 Å². The summed E-state index contributed by atoms with van der Waals surface area (Å²) in [6.07, 6.45) is 3.72. The fourth-order valence-electron chi connectivity index (χ4n) is 2.33. The molecule has 0 saturated heterocycles. The zero-order chi connectivity index (χ0) is 14.3. The number of aryl methyl sites for hydroxylation is 2. The molecule has 1 aromatic carbocycles. The third-order valence-corrected chi connectivity index (χ3v) is 3.87. The van der Waals surface area contributed by atoms with E-state index in [0.717, 1.165) is 25.8 Å². The summed E-state index contributed by atoms with van der Waals surface area (Å²) in [7, 11) is 1.79. The lowest BCUT2D eigenvalue weighted by Gasteiger charge is -2.20. The van der Waals surface area contributed by atoms with E-state index in [1.54, 1.807) is 7.11 Å². The number of methoxy groups -OCH3 is 1. The fourth-order valence-corrected chi connectivity index (χ4v) is 2.33. The van der Waals surface area contributed by atoms with E-state index in [0.29, 0.717) is 12.1 Å². The minimum atomic E-state index is 0.348. The molecule has 0 amide bonds. The molecular formula is C17H29NO. The van der Waals surface area contributed by atoms with Crippen LogP contribution in [0.15, 0.2) is 18.2 Å². The molecule has 0 bridgehead atoms. The van der Waals surface area contributed by atoms with E-state index < -0.39 is 0 Å². The number of hydrogen-bond acceptors (Lipinski definition) is 2. The van der Waals surface area contributed by atoms with Gasteiger partial charge in [0.15, 0.2) is 0 Å². The van der Waals surface area contributed by atoms with Crippen molar-refractivity contribution in [1.29, 1.82) is 0 Å². The maximum absolute atomic E-state index is 5.34. The molecule has 0 heterocycles. The molecule has 19 heavy (non-hydrogen) atoms. The lowest BCUT2D eigenvalue weighted by Crippen LogP contribution is -2.32. The van der Waals surface area contributed by atoms with E-state index in [4.69, 9.17) is 4.74 Å². The van der Waals surface area contributed by atoms with Crippen molar-refractivity contribution >= 4 is 0 Å². The van der Waals surface area contributed by atoms with Crippen molar-refractivity contribution in [2.24, 2.45) is 0 Å². The molecule has 0 fully saturated rings. The molecule has 108 valence electrons. The van der Waals surface area contributed by atoms with E-state index in [9.17, 15) is 0 Å². The van der Waals surface area contributed by atoms with Crippen LogP contribution in [0.2, 0.25) is 0 Å². The highest BCUT2D eigenvalue weighted by Crippen LogP contribution is 2.14. The second-order valence-corrected chi connectivity index (χ2v) is 5.50. The van der Waals surface area contributed by atoms with Crippen LogP contribution in [-0.4, -0.2) is 25.8 Å². The lowest BCUT2D eigenvalue weighted by atomic mass is 9.97. The predicted molar refractivity (Wildman–Crippen MR) is 82.8 cm³/mol. The predicted octanol–water partition coefficient (Wildman–Crippen LogP) is 3.64. The van der Waals surface area contributed by atoms with Crippen LogP contribution in [-0.2, 0) is 11.2 Å². The third-order valence-electron chi connectivity index (χ3n) is 3.87. The van der Waals surface area contributed by atoms with E-state index in [-0.39, 0.29) is 0 Å². The number of rotatable bonds is 8. The molecule has 2 heteroatoms. The van der Waals surface area contributed by atoms with Crippen LogP contribution >= 0.6 is 0 Å². The summed E-state index contributed by atoms with van der Waals surface area (Å²) in [5.74, 6) is 0. The minimum absolute atomic E-state index is 0.348. The van der Waals surface area contributed by atoms with E-state index >= 15 is 0 Å². The summed E-state index contributed by atoms with van der Waals surface area (Å²) < 4.78 is 5.34. The maximum atomic E-state index is 5.34. The maximum Gasteiger partial charge on any atom is 0.0543 e. The molecule has 2 nitrogen and oxygen atoms in total. The summed E-state index contributed by atoms with van der Waals surface area (Å²) in [6, 6.07) is 7.35. The van der Waals surface area contributed by atoms with Gasteiger partial charge in [-0.2, -0.15) is 0 Å². The van der Waals surface area contributed by atoms with Crippen molar-refractivity contribution in [3.8, 4) is 0 Å². The van der Waals surface area contributed by atoms with Crippen LogP contribution in [0.1, 0.15) is 43.4 Å². The summed E-state index contributed by atoms with van der Waals surface area (Å²) in [5, 5.41) is 3.59. The Morgan fingerprint density at radius 3 is 2.47 bits per heavy atom. The molecule has 2 unspecified atom stereocenters. The summed E-state index contributed by atoms with van der Waals surface area (Å²) in [4.78, 5) is 0. The molecule has 0 spiro atoms. The highest BCUT2D eigenvalue weighted by Gasteiger charge is 2.11. The fraction of sp³-hybridized carbons (Fsp3) is 0.647. The Labute approximate surface area is 118 Å². The van der Waals surface area contributed by atoms with Gasteiger partial charge in [0.1, 0.15) is 0 Å². The minimum Gasteiger partial charge on any atom is -0.382 e. The van der Waals surface area contributed by atoms with Gasteiger partial charge in [-0.1, -0.05) is 25.1 Å². The first-order valence-corrected chi connectivity index (χ1v) is 7.39. The van der Waals surface area contributed by atoms with Crippen LogP contribution in [0, 0.1) is 13.8 Å².